The van der Waals surface area contributed by atoms with E-state index in [1.165, 1.54) is 28.4 Å². The van der Waals surface area contributed by atoms with E-state index in [-0.39, 0.29) is 18.8 Å². The van der Waals surface area contributed by atoms with Crippen LogP contribution in [-0.4, -0.2) is 43.7 Å². The molecule has 7 nitrogen and oxygen atoms in total. The van der Waals surface area contributed by atoms with Crippen LogP contribution in [0.15, 0.2) is 47.8 Å². The number of anilines is 2. The van der Waals surface area contributed by atoms with Crippen molar-refractivity contribution < 1.29 is 32.2 Å². The molecule has 11 heteroatoms. The Morgan fingerprint density at radius 3 is 2.85 bits per heavy atom. The monoisotopic (exact) mass is 491 g/mol. The molecule has 0 bridgehead atoms. The van der Waals surface area contributed by atoms with Crippen molar-refractivity contribution in [3.63, 3.8) is 0 Å². The van der Waals surface area contributed by atoms with E-state index in [2.05, 4.69) is 10.3 Å². The quantitative estimate of drug-likeness (QED) is 0.531. The average molecular weight is 491 g/mol. The summed E-state index contributed by atoms with van der Waals surface area (Å²) in [7, 11) is 1.62. The van der Waals surface area contributed by atoms with Crippen LogP contribution in [0.5, 0.6) is 5.75 Å². The SMILES string of the molecule is COCCc1nc(-c2ccc3c(c2)N(CC(=O)Nc2cccc(C(F)(F)F)c2)C(=O)CO3)cs1. The van der Waals surface area contributed by atoms with Crippen molar-refractivity contribution >= 4 is 34.5 Å². The number of hydrogen-bond acceptors (Lipinski definition) is 6. The average Bonchev–Trinajstić information content (AvgIpc) is 3.28. The first-order chi connectivity index (χ1) is 16.2. The van der Waals surface area contributed by atoms with E-state index in [0.717, 1.165) is 22.7 Å². The van der Waals surface area contributed by atoms with Gasteiger partial charge < -0.3 is 14.8 Å². The summed E-state index contributed by atoms with van der Waals surface area (Å²) in [4.78, 5) is 31.0. The lowest BCUT2D eigenvalue weighted by Gasteiger charge is -2.29. The number of hydrogen-bond donors (Lipinski definition) is 1. The van der Waals surface area contributed by atoms with Gasteiger partial charge in [-0.15, -0.1) is 11.3 Å². The van der Waals surface area contributed by atoms with Gasteiger partial charge in [0.1, 0.15) is 12.3 Å². The second kappa shape index (κ2) is 9.82. The number of nitrogens with zero attached hydrogens (tertiary/aromatic N) is 2. The van der Waals surface area contributed by atoms with Crippen LogP contribution in [0, 0.1) is 0 Å². The predicted octanol–water partition coefficient (Wildman–Crippen LogP) is 4.38. The predicted molar refractivity (Wildman–Crippen MR) is 121 cm³/mol. The number of fused-ring (bicyclic) bond motifs is 1. The molecule has 1 N–H and O–H groups in total. The molecule has 3 aromatic rings. The van der Waals surface area contributed by atoms with Gasteiger partial charge in [0.25, 0.3) is 5.91 Å². The van der Waals surface area contributed by atoms with Gasteiger partial charge in [-0.05, 0) is 36.4 Å². The topological polar surface area (TPSA) is 80.8 Å². The van der Waals surface area contributed by atoms with Crippen molar-refractivity contribution in [2.45, 2.75) is 12.6 Å². The minimum Gasteiger partial charge on any atom is -0.482 e. The summed E-state index contributed by atoms with van der Waals surface area (Å²) in [6.45, 7) is -0.0830. The van der Waals surface area contributed by atoms with Crippen molar-refractivity contribution in [2.75, 3.05) is 37.1 Å². The highest BCUT2D eigenvalue weighted by Crippen LogP contribution is 2.36. The Balaban J connectivity index is 1.53. The minimum atomic E-state index is -4.53. The number of ether oxygens (including phenoxy) is 2. The number of carbonyl (C=O) groups excluding carboxylic acids is 2. The number of halogens is 3. The number of nitrogens with one attached hydrogen (secondary N) is 1. The molecule has 2 amide bonds. The first-order valence-electron chi connectivity index (χ1n) is 10.2. The summed E-state index contributed by atoms with van der Waals surface area (Å²) >= 11 is 1.49. The molecule has 2 heterocycles. The lowest BCUT2D eigenvalue weighted by Crippen LogP contribution is -2.43. The molecule has 1 aliphatic rings. The third kappa shape index (κ3) is 5.37. The lowest BCUT2D eigenvalue weighted by atomic mass is 10.1. The van der Waals surface area contributed by atoms with Crippen LogP contribution >= 0.6 is 11.3 Å². The summed E-state index contributed by atoms with van der Waals surface area (Å²) in [6, 6.07) is 9.53. The zero-order valence-electron chi connectivity index (χ0n) is 18.0. The van der Waals surface area contributed by atoms with Crippen LogP contribution in [0.25, 0.3) is 11.3 Å². The molecule has 4 rings (SSSR count). The molecule has 0 saturated heterocycles. The maximum absolute atomic E-state index is 12.9. The van der Waals surface area contributed by atoms with Gasteiger partial charge in [0.2, 0.25) is 5.91 Å². The maximum Gasteiger partial charge on any atom is 0.416 e. The highest BCUT2D eigenvalue weighted by atomic mass is 32.1. The molecule has 1 aliphatic heterocycles. The van der Waals surface area contributed by atoms with Crippen LogP contribution in [-0.2, 0) is 26.9 Å². The van der Waals surface area contributed by atoms with Crippen molar-refractivity contribution in [2.24, 2.45) is 0 Å². The molecule has 0 atom stereocenters. The van der Waals surface area contributed by atoms with Crippen molar-refractivity contribution in [1.82, 2.24) is 4.98 Å². The van der Waals surface area contributed by atoms with Gasteiger partial charge in [0.15, 0.2) is 6.61 Å². The Morgan fingerprint density at radius 1 is 1.26 bits per heavy atom. The van der Waals surface area contributed by atoms with Gasteiger partial charge in [-0.25, -0.2) is 4.98 Å². The Bertz CT molecular complexity index is 1210. The number of alkyl halides is 3. The molecule has 0 unspecified atom stereocenters. The van der Waals surface area contributed by atoms with E-state index in [4.69, 9.17) is 9.47 Å². The molecular formula is C23H20F3N3O4S. The van der Waals surface area contributed by atoms with Crippen molar-refractivity contribution in [1.29, 1.82) is 0 Å². The van der Waals surface area contributed by atoms with Crippen molar-refractivity contribution in [3.8, 4) is 17.0 Å². The number of amides is 2. The number of thiazole rings is 1. The molecule has 0 radical (unpaired) electrons. The largest absolute Gasteiger partial charge is 0.482 e. The van der Waals surface area contributed by atoms with Crippen LogP contribution < -0.4 is 15.0 Å². The fraction of sp³-hybridized carbons (Fsp3) is 0.261. The summed E-state index contributed by atoms with van der Waals surface area (Å²) in [6.07, 6.45) is -3.86. The Hall–Kier alpha value is -3.44. The Kier molecular flexibility index (Phi) is 6.85. The zero-order chi connectivity index (χ0) is 24.3. The summed E-state index contributed by atoms with van der Waals surface area (Å²) in [5.74, 6) is -0.658. The fourth-order valence-corrected chi connectivity index (χ4v) is 4.19. The molecule has 34 heavy (non-hydrogen) atoms. The van der Waals surface area contributed by atoms with Gasteiger partial charge >= 0.3 is 6.18 Å². The maximum atomic E-state index is 12.9. The molecule has 178 valence electrons. The molecule has 2 aromatic carbocycles. The van der Waals surface area contributed by atoms with Gasteiger partial charge in [-0.3, -0.25) is 14.5 Å². The first-order valence-corrected chi connectivity index (χ1v) is 11.1. The molecule has 0 spiro atoms. The Labute approximate surface area is 197 Å². The van der Waals surface area contributed by atoms with Gasteiger partial charge in [-0.2, -0.15) is 13.2 Å². The van der Waals surface area contributed by atoms with E-state index in [9.17, 15) is 22.8 Å². The smallest absolute Gasteiger partial charge is 0.416 e. The van der Waals surface area contributed by atoms with Gasteiger partial charge in [0, 0.05) is 30.2 Å². The van der Waals surface area contributed by atoms with E-state index in [1.807, 2.05) is 11.4 Å². The summed E-state index contributed by atoms with van der Waals surface area (Å²) in [5.41, 5.74) is 0.946. The Morgan fingerprint density at radius 2 is 2.09 bits per heavy atom. The lowest BCUT2D eigenvalue weighted by molar-refractivity contribution is -0.137. The van der Waals surface area contributed by atoms with Gasteiger partial charge in [-0.1, -0.05) is 6.07 Å². The van der Waals surface area contributed by atoms with E-state index >= 15 is 0 Å². The summed E-state index contributed by atoms with van der Waals surface area (Å²) < 4.78 is 49.4. The minimum absolute atomic E-state index is 0.0134. The summed E-state index contributed by atoms with van der Waals surface area (Å²) in [5, 5.41) is 5.22. The number of benzene rings is 2. The fourth-order valence-electron chi connectivity index (χ4n) is 3.40. The number of aromatic nitrogens is 1. The number of carbonyl (C=O) groups is 2. The van der Waals surface area contributed by atoms with Gasteiger partial charge in [0.05, 0.1) is 28.6 Å². The van der Waals surface area contributed by atoms with Crippen LogP contribution in [0.3, 0.4) is 0 Å². The third-order valence-corrected chi connectivity index (χ3v) is 5.95. The van der Waals surface area contributed by atoms with E-state index < -0.39 is 23.6 Å². The molecule has 0 fully saturated rings. The highest BCUT2D eigenvalue weighted by molar-refractivity contribution is 7.09. The zero-order valence-corrected chi connectivity index (χ0v) is 18.8. The molecule has 0 saturated carbocycles. The van der Waals surface area contributed by atoms with Crippen LogP contribution in [0.2, 0.25) is 0 Å². The third-order valence-electron chi connectivity index (χ3n) is 5.04. The second-order valence-corrected chi connectivity index (χ2v) is 8.39. The standard InChI is InChI=1S/C23H20F3N3O4S/c1-32-8-7-21-28-17(13-34-21)14-5-6-19-18(9-14)29(22(31)12-33-19)11-20(30)27-16-4-2-3-15(10-16)23(24,25)26/h2-6,9-10,13H,7-8,11-12H2,1H3,(H,27,30). The van der Waals surface area contributed by atoms with E-state index in [0.29, 0.717) is 30.2 Å². The second-order valence-electron chi connectivity index (χ2n) is 7.45. The number of methoxy groups -OCH3 is 1. The molecular weight excluding hydrogens is 471 g/mol. The van der Waals surface area contributed by atoms with E-state index in [1.54, 1.807) is 19.2 Å². The van der Waals surface area contributed by atoms with Crippen molar-refractivity contribution in [3.05, 3.63) is 58.4 Å². The normalized spacial score (nSPS) is 13.4. The highest BCUT2D eigenvalue weighted by Gasteiger charge is 2.31. The molecule has 1 aromatic heterocycles. The van der Waals surface area contributed by atoms with Crippen LogP contribution in [0.1, 0.15) is 10.6 Å². The van der Waals surface area contributed by atoms with Crippen LogP contribution in [0.4, 0.5) is 24.5 Å². The first kappa shape index (κ1) is 23.7. The molecule has 0 aliphatic carbocycles. The number of rotatable bonds is 7.